The van der Waals surface area contributed by atoms with Gasteiger partial charge in [-0.15, -0.1) is 11.3 Å². The lowest BCUT2D eigenvalue weighted by Gasteiger charge is -2.08. The van der Waals surface area contributed by atoms with Crippen LogP contribution in [0.2, 0.25) is 4.34 Å². The van der Waals surface area contributed by atoms with E-state index >= 15 is 0 Å². The van der Waals surface area contributed by atoms with Gasteiger partial charge in [0, 0.05) is 17.4 Å². The maximum absolute atomic E-state index is 12.0. The summed E-state index contributed by atoms with van der Waals surface area (Å²) in [5, 5.41) is 8.37. The summed E-state index contributed by atoms with van der Waals surface area (Å²) >= 11 is 7.04. The molecular weight excluding hydrogens is 322 g/mol. The van der Waals surface area contributed by atoms with E-state index in [2.05, 4.69) is 16.0 Å². The van der Waals surface area contributed by atoms with Gasteiger partial charge in [-0.1, -0.05) is 11.6 Å². The fourth-order valence-electron chi connectivity index (χ4n) is 1.85. The van der Waals surface area contributed by atoms with E-state index in [1.165, 1.54) is 11.3 Å². The minimum atomic E-state index is -0.205. The van der Waals surface area contributed by atoms with Gasteiger partial charge in [0.1, 0.15) is 0 Å². The summed E-state index contributed by atoms with van der Waals surface area (Å²) in [5.41, 5.74) is 1.33. The zero-order valence-electron chi connectivity index (χ0n) is 11.6. The maximum atomic E-state index is 12.0. The molecule has 1 aromatic carbocycles. The predicted octanol–water partition coefficient (Wildman–Crippen LogP) is 3.94. The maximum Gasteiger partial charge on any atom is 0.319 e. The van der Waals surface area contributed by atoms with Crippen molar-refractivity contribution >= 4 is 46.3 Å². The Bertz CT molecular complexity index is 695. The second kappa shape index (κ2) is 6.37. The van der Waals surface area contributed by atoms with Gasteiger partial charge in [-0.2, -0.15) is 0 Å². The molecule has 5 nitrogen and oxygen atoms in total. The fraction of sp³-hybridized carbons (Fsp3) is 0.200. The Balaban J connectivity index is 1.56. The number of urea groups is 1. The summed E-state index contributed by atoms with van der Waals surface area (Å²) < 4.78 is 0.575. The van der Waals surface area contributed by atoms with Crippen LogP contribution in [0.15, 0.2) is 36.4 Å². The van der Waals surface area contributed by atoms with Crippen LogP contribution in [0.5, 0.6) is 0 Å². The summed E-state index contributed by atoms with van der Waals surface area (Å²) in [6, 6.07) is 10.4. The lowest BCUT2D eigenvalue weighted by molar-refractivity contribution is 0.103. The highest BCUT2D eigenvalue weighted by Gasteiger charge is 2.23. The Morgan fingerprint density at radius 3 is 2.18 bits per heavy atom. The summed E-state index contributed by atoms with van der Waals surface area (Å²) in [6.45, 7) is 0. The van der Waals surface area contributed by atoms with Gasteiger partial charge in [0.25, 0.3) is 5.91 Å². The second-order valence-corrected chi connectivity index (χ2v) is 6.72. The molecule has 0 radical (unpaired) electrons. The number of halogens is 1. The highest BCUT2D eigenvalue weighted by molar-refractivity contribution is 7.18. The zero-order valence-corrected chi connectivity index (χ0v) is 13.1. The molecule has 0 spiro atoms. The van der Waals surface area contributed by atoms with Gasteiger partial charge in [0.2, 0.25) is 0 Å². The Hall–Kier alpha value is -2.05. The average Bonchev–Trinajstić information content (AvgIpc) is 3.18. The van der Waals surface area contributed by atoms with Gasteiger partial charge < -0.3 is 16.0 Å². The van der Waals surface area contributed by atoms with Crippen molar-refractivity contribution in [3.05, 3.63) is 45.6 Å². The molecule has 1 saturated carbocycles. The van der Waals surface area contributed by atoms with Crippen LogP contribution in [-0.2, 0) is 0 Å². The van der Waals surface area contributed by atoms with E-state index in [9.17, 15) is 9.59 Å². The zero-order chi connectivity index (χ0) is 15.5. The highest BCUT2D eigenvalue weighted by Crippen LogP contribution is 2.23. The summed E-state index contributed by atoms with van der Waals surface area (Å²) in [6.07, 6.45) is 2.09. The molecule has 1 fully saturated rings. The van der Waals surface area contributed by atoms with E-state index in [4.69, 9.17) is 11.6 Å². The molecule has 0 unspecified atom stereocenters. The predicted molar refractivity (Wildman–Crippen MR) is 88.9 cm³/mol. The lowest BCUT2D eigenvalue weighted by atomic mass is 10.2. The van der Waals surface area contributed by atoms with Crippen molar-refractivity contribution in [1.29, 1.82) is 0 Å². The van der Waals surface area contributed by atoms with Crippen LogP contribution in [0.3, 0.4) is 0 Å². The van der Waals surface area contributed by atoms with E-state index in [1.54, 1.807) is 36.4 Å². The third-order valence-electron chi connectivity index (χ3n) is 3.11. The van der Waals surface area contributed by atoms with Gasteiger partial charge in [0.15, 0.2) is 0 Å². The molecule has 114 valence electrons. The standard InChI is InChI=1S/C15H14ClN3O2S/c16-13-8-7-12(22-13)14(20)17-9-1-3-10(4-2-9)18-15(21)19-11-5-6-11/h1-4,7-8,11H,5-6H2,(H,17,20)(H2,18,19,21). The van der Waals surface area contributed by atoms with Gasteiger partial charge in [-0.25, -0.2) is 4.79 Å². The molecule has 1 heterocycles. The van der Waals surface area contributed by atoms with Crippen LogP contribution < -0.4 is 16.0 Å². The highest BCUT2D eigenvalue weighted by atomic mass is 35.5. The van der Waals surface area contributed by atoms with E-state index in [0.717, 1.165) is 12.8 Å². The van der Waals surface area contributed by atoms with E-state index in [1.807, 2.05) is 0 Å². The lowest BCUT2D eigenvalue weighted by Crippen LogP contribution is -2.30. The number of nitrogens with one attached hydrogen (secondary N) is 3. The summed E-state index contributed by atoms with van der Waals surface area (Å²) in [4.78, 5) is 24.1. The SMILES string of the molecule is O=C(Nc1ccc(NC(=O)c2ccc(Cl)s2)cc1)NC1CC1. The first kappa shape index (κ1) is 14.9. The van der Waals surface area contributed by atoms with Crippen LogP contribution in [-0.4, -0.2) is 18.0 Å². The number of anilines is 2. The third-order valence-corrected chi connectivity index (χ3v) is 4.34. The topological polar surface area (TPSA) is 70.2 Å². The number of rotatable bonds is 4. The molecule has 22 heavy (non-hydrogen) atoms. The van der Waals surface area contributed by atoms with Crippen molar-refractivity contribution in [2.45, 2.75) is 18.9 Å². The Morgan fingerprint density at radius 1 is 1.00 bits per heavy atom. The van der Waals surface area contributed by atoms with Crippen molar-refractivity contribution in [2.24, 2.45) is 0 Å². The third kappa shape index (κ3) is 3.99. The fourth-order valence-corrected chi connectivity index (χ4v) is 2.78. The molecule has 7 heteroatoms. The first-order valence-electron chi connectivity index (χ1n) is 6.84. The van der Waals surface area contributed by atoms with Crippen molar-refractivity contribution in [1.82, 2.24) is 5.32 Å². The minimum Gasteiger partial charge on any atom is -0.335 e. The largest absolute Gasteiger partial charge is 0.335 e. The second-order valence-electron chi connectivity index (χ2n) is 5.01. The number of hydrogen-bond donors (Lipinski definition) is 3. The summed E-state index contributed by atoms with van der Waals surface area (Å²) in [5.74, 6) is -0.205. The van der Waals surface area contributed by atoms with E-state index in [0.29, 0.717) is 26.6 Å². The van der Waals surface area contributed by atoms with Crippen LogP contribution in [0.1, 0.15) is 22.5 Å². The Kier molecular flexibility index (Phi) is 4.31. The minimum absolute atomic E-state index is 0.201. The molecular formula is C15H14ClN3O2S. The van der Waals surface area contributed by atoms with Crippen LogP contribution >= 0.6 is 22.9 Å². The number of benzene rings is 1. The van der Waals surface area contributed by atoms with Crippen molar-refractivity contribution in [2.75, 3.05) is 10.6 Å². The monoisotopic (exact) mass is 335 g/mol. The van der Waals surface area contributed by atoms with Crippen molar-refractivity contribution in [3.8, 4) is 0 Å². The molecule has 1 aliphatic carbocycles. The van der Waals surface area contributed by atoms with E-state index < -0.39 is 0 Å². The molecule has 0 aliphatic heterocycles. The molecule has 1 aliphatic rings. The van der Waals surface area contributed by atoms with Gasteiger partial charge in [-0.3, -0.25) is 4.79 Å². The first-order chi connectivity index (χ1) is 10.6. The average molecular weight is 336 g/mol. The smallest absolute Gasteiger partial charge is 0.319 e. The molecule has 3 N–H and O–H groups in total. The number of thiophene rings is 1. The number of hydrogen-bond acceptors (Lipinski definition) is 3. The molecule has 2 aromatic rings. The normalized spacial score (nSPS) is 13.5. The quantitative estimate of drug-likeness (QED) is 0.792. The molecule has 3 amide bonds. The first-order valence-corrected chi connectivity index (χ1v) is 8.04. The molecule has 0 saturated heterocycles. The Morgan fingerprint density at radius 2 is 1.64 bits per heavy atom. The molecule has 3 rings (SSSR count). The Labute approximate surface area is 136 Å². The molecule has 1 aromatic heterocycles. The number of carbonyl (C=O) groups excluding carboxylic acids is 2. The van der Waals surface area contributed by atoms with Gasteiger partial charge >= 0.3 is 6.03 Å². The van der Waals surface area contributed by atoms with Crippen molar-refractivity contribution < 1.29 is 9.59 Å². The van der Waals surface area contributed by atoms with Crippen LogP contribution in [0, 0.1) is 0 Å². The summed E-state index contributed by atoms with van der Waals surface area (Å²) in [7, 11) is 0. The number of amides is 3. The van der Waals surface area contributed by atoms with E-state index in [-0.39, 0.29) is 11.9 Å². The van der Waals surface area contributed by atoms with Gasteiger partial charge in [0.05, 0.1) is 9.21 Å². The molecule has 0 atom stereocenters. The number of carbonyl (C=O) groups is 2. The van der Waals surface area contributed by atoms with Crippen LogP contribution in [0.4, 0.5) is 16.2 Å². The molecule has 0 bridgehead atoms. The van der Waals surface area contributed by atoms with Gasteiger partial charge in [-0.05, 0) is 49.2 Å². The van der Waals surface area contributed by atoms with Crippen molar-refractivity contribution in [3.63, 3.8) is 0 Å². The van der Waals surface area contributed by atoms with Crippen LogP contribution in [0.25, 0.3) is 0 Å².